The molecular weight excluding hydrogens is 272 g/mol. The molecular formula is C13H12N6O2. The van der Waals surface area contributed by atoms with Gasteiger partial charge in [-0.05, 0) is 17.7 Å². The molecule has 0 amide bonds. The molecule has 1 aliphatic rings. The monoisotopic (exact) mass is 284 g/mol. The van der Waals surface area contributed by atoms with Crippen LogP contribution in [0.25, 0.3) is 22.5 Å². The van der Waals surface area contributed by atoms with E-state index in [4.69, 9.17) is 15.2 Å². The molecule has 1 aromatic carbocycles. The molecule has 8 nitrogen and oxygen atoms in total. The molecule has 0 saturated carbocycles. The molecule has 2 aromatic heterocycles. The molecule has 0 unspecified atom stereocenters. The summed E-state index contributed by atoms with van der Waals surface area (Å²) in [6.07, 6.45) is 1.61. The molecule has 4 rings (SSSR count). The van der Waals surface area contributed by atoms with E-state index < -0.39 is 0 Å². The third-order valence-electron chi connectivity index (χ3n) is 3.30. The first-order chi connectivity index (χ1) is 10.3. The van der Waals surface area contributed by atoms with Gasteiger partial charge >= 0.3 is 0 Å². The summed E-state index contributed by atoms with van der Waals surface area (Å²) < 4.78 is 11.1. The van der Waals surface area contributed by atoms with Crippen molar-refractivity contribution in [1.82, 2.24) is 25.6 Å². The minimum absolute atomic E-state index is 0.393. The topological polar surface area (TPSA) is 115 Å². The van der Waals surface area contributed by atoms with Crippen molar-refractivity contribution in [1.29, 1.82) is 0 Å². The van der Waals surface area contributed by atoms with Crippen molar-refractivity contribution < 1.29 is 9.47 Å². The van der Waals surface area contributed by atoms with E-state index in [-0.39, 0.29) is 0 Å². The zero-order valence-corrected chi connectivity index (χ0v) is 11.0. The maximum atomic E-state index is 5.98. The van der Waals surface area contributed by atoms with Crippen LogP contribution in [-0.2, 0) is 0 Å². The number of benzene rings is 1. The Bertz CT molecular complexity index is 780. The van der Waals surface area contributed by atoms with Crippen LogP contribution in [0.2, 0.25) is 0 Å². The zero-order chi connectivity index (χ0) is 14.2. The van der Waals surface area contributed by atoms with Crippen molar-refractivity contribution in [2.45, 2.75) is 0 Å². The number of nitrogens with zero attached hydrogens (tertiary/aromatic N) is 3. The number of nitrogens with one attached hydrogen (secondary N) is 2. The van der Waals surface area contributed by atoms with Gasteiger partial charge in [-0.1, -0.05) is 6.07 Å². The van der Waals surface area contributed by atoms with Crippen LogP contribution in [0.3, 0.4) is 0 Å². The van der Waals surface area contributed by atoms with Gasteiger partial charge < -0.3 is 15.2 Å². The number of nitrogens with two attached hydrogens (primary N) is 1. The summed E-state index contributed by atoms with van der Waals surface area (Å²) >= 11 is 0. The van der Waals surface area contributed by atoms with Crippen LogP contribution in [0.1, 0.15) is 0 Å². The maximum absolute atomic E-state index is 5.98. The second-order valence-electron chi connectivity index (χ2n) is 4.57. The first-order valence-corrected chi connectivity index (χ1v) is 6.43. The van der Waals surface area contributed by atoms with Gasteiger partial charge in [0.1, 0.15) is 18.9 Å². The highest BCUT2D eigenvalue weighted by atomic mass is 16.6. The van der Waals surface area contributed by atoms with Crippen molar-refractivity contribution in [3.63, 3.8) is 0 Å². The van der Waals surface area contributed by atoms with Crippen molar-refractivity contribution in [3.05, 3.63) is 24.4 Å². The molecule has 3 heterocycles. The SMILES string of the molecule is Nc1n[nH]c(-c2cn[nH]n2)c1-c1ccc2c(c1)OCCO2. The first kappa shape index (κ1) is 11.8. The molecule has 21 heavy (non-hydrogen) atoms. The number of H-pyrrole nitrogens is 2. The Morgan fingerprint density at radius 2 is 1.95 bits per heavy atom. The fraction of sp³-hybridized carbons (Fsp3) is 0.154. The van der Waals surface area contributed by atoms with Crippen LogP contribution in [-0.4, -0.2) is 38.8 Å². The third kappa shape index (κ3) is 1.88. The highest BCUT2D eigenvalue weighted by Gasteiger charge is 2.19. The summed E-state index contributed by atoms with van der Waals surface area (Å²) in [5, 5.41) is 17.4. The molecule has 8 heteroatoms. The van der Waals surface area contributed by atoms with Crippen molar-refractivity contribution in [2.24, 2.45) is 0 Å². The van der Waals surface area contributed by atoms with Gasteiger partial charge in [0, 0.05) is 0 Å². The summed E-state index contributed by atoms with van der Waals surface area (Å²) in [4.78, 5) is 0. The van der Waals surface area contributed by atoms with Gasteiger partial charge in [0.2, 0.25) is 0 Å². The highest BCUT2D eigenvalue weighted by Crippen LogP contribution is 2.39. The Kier molecular flexibility index (Phi) is 2.53. The van der Waals surface area contributed by atoms with Crippen LogP contribution >= 0.6 is 0 Å². The molecule has 0 saturated heterocycles. The van der Waals surface area contributed by atoms with Crippen LogP contribution in [0.15, 0.2) is 24.4 Å². The predicted molar refractivity (Wildman–Crippen MR) is 74.8 cm³/mol. The number of fused-ring (bicyclic) bond motifs is 1. The second-order valence-corrected chi connectivity index (χ2v) is 4.57. The average molecular weight is 284 g/mol. The molecule has 4 N–H and O–H groups in total. The van der Waals surface area contributed by atoms with Gasteiger partial charge in [0.05, 0.1) is 17.5 Å². The summed E-state index contributed by atoms with van der Waals surface area (Å²) in [6.45, 7) is 1.10. The van der Waals surface area contributed by atoms with Gasteiger partial charge in [-0.2, -0.15) is 20.5 Å². The standard InChI is InChI=1S/C13H12N6O2/c14-13-11(12(17-18-13)8-6-15-19-16-8)7-1-2-9-10(5-7)21-4-3-20-9/h1-2,5-6H,3-4H2,(H3,14,17,18)(H,15,16,19). The Morgan fingerprint density at radius 1 is 1.10 bits per heavy atom. The van der Waals surface area contributed by atoms with Gasteiger partial charge in [-0.3, -0.25) is 5.10 Å². The van der Waals surface area contributed by atoms with Crippen LogP contribution in [0, 0.1) is 0 Å². The van der Waals surface area contributed by atoms with Crippen molar-refractivity contribution in [3.8, 4) is 34.0 Å². The van der Waals surface area contributed by atoms with Gasteiger partial charge in [-0.25, -0.2) is 0 Å². The lowest BCUT2D eigenvalue weighted by molar-refractivity contribution is 0.171. The smallest absolute Gasteiger partial charge is 0.161 e. The molecule has 0 atom stereocenters. The van der Waals surface area contributed by atoms with Crippen molar-refractivity contribution in [2.75, 3.05) is 18.9 Å². The molecule has 106 valence electrons. The quantitative estimate of drug-likeness (QED) is 0.651. The van der Waals surface area contributed by atoms with E-state index >= 15 is 0 Å². The minimum Gasteiger partial charge on any atom is -0.486 e. The lowest BCUT2D eigenvalue weighted by atomic mass is 10.0. The van der Waals surface area contributed by atoms with Crippen LogP contribution in [0.5, 0.6) is 11.5 Å². The van der Waals surface area contributed by atoms with Gasteiger partial charge in [0.15, 0.2) is 17.3 Å². The van der Waals surface area contributed by atoms with E-state index in [1.807, 2.05) is 18.2 Å². The number of nitrogen functional groups attached to an aromatic ring is 1. The second kappa shape index (κ2) is 4.51. The largest absolute Gasteiger partial charge is 0.486 e. The molecule has 3 aromatic rings. The minimum atomic E-state index is 0.393. The fourth-order valence-corrected chi connectivity index (χ4v) is 2.35. The Labute approximate surface area is 119 Å². The Morgan fingerprint density at radius 3 is 2.76 bits per heavy atom. The lowest BCUT2D eigenvalue weighted by Crippen LogP contribution is -2.15. The van der Waals surface area contributed by atoms with Gasteiger partial charge in [0.25, 0.3) is 0 Å². The number of hydrogen-bond donors (Lipinski definition) is 3. The summed E-state index contributed by atoms with van der Waals surface area (Å²) in [5.74, 6) is 1.82. The molecule has 0 aliphatic carbocycles. The molecule has 0 radical (unpaired) electrons. The molecule has 0 spiro atoms. The number of hydrogen-bond acceptors (Lipinski definition) is 6. The Balaban J connectivity index is 1.85. The molecule has 0 fully saturated rings. The zero-order valence-electron chi connectivity index (χ0n) is 11.0. The van der Waals surface area contributed by atoms with E-state index in [0.717, 1.165) is 16.9 Å². The van der Waals surface area contributed by atoms with Gasteiger partial charge in [-0.15, -0.1) is 0 Å². The Hall–Kier alpha value is -3.03. The number of anilines is 1. The summed E-state index contributed by atoms with van der Waals surface area (Å²) in [6, 6.07) is 5.67. The average Bonchev–Trinajstić information content (AvgIpc) is 3.16. The molecule has 1 aliphatic heterocycles. The van der Waals surface area contributed by atoms with Crippen molar-refractivity contribution >= 4 is 5.82 Å². The third-order valence-corrected chi connectivity index (χ3v) is 3.30. The van der Waals surface area contributed by atoms with E-state index in [9.17, 15) is 0 Å². The van der Waals surface area contributed by atoms with Crippen LogP contribution < -0.4 is 15.2 Å². The fourth-order valence-electron chi connectivity index (χ4n) is 2.35. The van der Waals surface area contributed by atoms with E-state index in [1.165, 1.54) is 0 Å². The molecule has 0 bridgehead atoms. The first-order valence-electron chi connectivity index (χ1n) is 6.43. The van der Waals surface area contributed by atoms with Crippen LogP contribution in [0.4, 0.5) is 5.82 Å². The number of rotatable bonds is 2. The number of ether oxygens (including phenoxy) is 2. The maximum Gasteiger partial charge on any atom is 0.161 e. The lowest BCUT2D eigenvalue weighted by Gasteiger charge is -2.18. The summed E-state index contributed by atoms with van der Waals surface area (Å²) in [5.41, 5.74) is 8.97. The summed E-state index contributed by atoms with van der Waals surface area (Å²) in [7, 11) is 0. The van der Waals surface area contributed by atoms with E-state index in [1.54, 1.807) is 6.20 Å². The predicted octanol–water partition coefficient (Wildman–Crippen LogP) is 1.22. The normalized spacial score (nSPS) is 13.3. The van der Waals surface area contributed by atoms with E-state index in [0.29, 0.717) is 36.2 Å². The number of aromatic amines is 2. The van der Waals surface area contributed by atoms with E-state index in [2.05, 4.69) is 25.6 Å². The highest BCUT2D eigenvalue weighted by molar-refractivity contribution is 5.87. The number of aromatic nitrogens is 5.